The van der Waals surface area contributed by atoms with E-state index in [0.29, 0.717) is 0 Å². The number of carbonyl (C=O) groups excluding carboxylic acids is 2. The van der Waals surface area contributed by atoms with Crippen LogP contribution >= 0.6 is 0 Å². The first-order chi connectivity index (χ1) is 15.1. The lowest BCUT2D eigenvalue weighted by atomic mass is 9.60. The third-order valence-corrected chi connectivity index (χ3v) is 6.57. The van der Waals surface area contributed by atoms with E-state index in [4.69, 9.17) is 14.2 Å². The number of carbonyl (C=O) groups is 2. The van der Waals surface area contributed by atoms with Gasteiger partial charge in [0.25, 0.3) is 0 Å². The Hall–Kier alpha value is -3.44. The fraction of sp³-hybridized carbons (Fsp3) is 0.231. The molecule has 0 saturated carbocycles. The van der Waals surface area contributed by atoms with Gasteiger partial charge >= 0.3 is 11.9 Å². The minimum Gasteiger partial charge on any atom is -0.469 e. The molecule has 3 aromatic carbocycles. The first kappa shape index (κ1) is 19.5. The average Bonchev–Trinajstić information content (AvgIpc) is 3.34. The maximum atomic E-state index is 13.3. The Morgan fingerprint density at radius 3 is 1.35 bits per heavy atom. The van der Waals surface area contributed by atoms with E-state index >= 15 is 0 Å². The number of rotatable bonds is 4. The highest BCUT2D eigenvalue weighted by molar-refractivity contribution is 5.89. The second-order valence-corrected chi connectivity index (χ2v) is 7.85. The topological polar surface area (TPSA) is 61.8 Å². The van der Waals surface area contributed by atoms with Crippen molar-refractivity contribution in [2.75, 3.05) is 14.2 Å². The lowest BCUT2D eigenvalue weighted by Crippen LogP contribution is -2.48. The molecule has 3 aromatic rings. The first-order valence-corrected chi connectivity index (χ1v) is 10.2. The van der Waals surface area contributed by atoms with Crippen molar-refractivity contribution in [3.63, 3.8) is 0 Å². The van der Waals surface area contributed by atoms with Gasteiger partial charge in [-0.25, -0.2) is 0 Å². The summed E-state index contributed by atoms with van der Waals surface area (Å²) in [7, 11) is 2.67. The number of esters is 2. The van der Waals surface area contributed by atoms with Crippen molar-refractivity contribution < 1.29 is 23.8 Å². The second-order valence-electron chi connectivity index (χ2n) is 7.85. The zero-order valence-corrected chi connectivity index (χ0v) is 17.3. The summed E-state index contributed by atoms with van der Waals surface area (Å²) in [5, 5.41) is 0. The molecule has 2 aliphatic rings. The second kappa shape index (κ2) is 7.06. The molecule has 4 atom stereocenters. The minimum absolute atomic E-state index is 0.508. The number of fused-ring (bicyclic) bond motifs is 5. The van der Waals surface area contributed by atoms with Crippen molar-refractivity contribution in [2.45, 2.75) is 11.2 Å². The van der Waals surface area contributed by atoms with Crippen LogP contribution in [0.25, 0.3) is 0 Å². The van der Waals surface area contributed by atoms with Crippen LogP contribution in [0.2, 0.25) is 0 Å². The van der Waals surface area contributed by atoms with Gasteiger partial charge < -0.3 is 14.2 Å². The highest BCUT2D eigenvalue weighted by Gasteiger charge is 2.75. The molecule has 0 radical (unpaired) electrons. The van der Waals surface area contributed by atoms with Crippen molar-refractivity contribution in [3.8, 4) is 0 Å². The predicted molar refractivity (Wildman–Crippen MR) is 113 cm³/mol. The van der Waals surface area contributed by atoms with Crippen molar-refractivity contribution in [1.29, 1.82) is 0 Å². The molecule has 5 rings (SSSR count). The van der Waals surface area contributed by atoms with E-state index < -0.39 is 35.0 Å². The molecule has 1 fully saturated rings. The lowest BCUT2D eigenvalue weighted by Gasteiger charge is -2.37. The van der Waals surface area contributed by atoms with E-state index in [1.807, 2.05) is 84.9 Å². The fourth-order valence-electron chi connectivity index (χ4n) is 5.44. The molecule has 156 valence electrons. The molecule has 5 nitrogen and oxygen atoms in total. The maximum absolute atomic E-state index is 13.3. The number of ether oxygens (including phenoxy) is 3. The van der Waals surface area contributed by atoms with Crippen LogP contribution in [0, 0.1) is 11.8 Å². The van der Waals surface area contributed by atoms with Gasteiger partial charge in [0.1, 0.15) is 23.0 Å². The van der Waals surface area contributed by atoms with Crippen molar-refractivity contribution in [3.05, 3.63) is 107 Å². The maximum Gasteiger partial charge on any atom is 0.313 e. The van der Waals surface area contributed by atoms with Crippen LogP contribution < -0.4 is 0 Å². The van der Waals surface area contributed by atoms with Gasteiger partial charge in [-0.15, -0.1) is 0 Å². The Labute approximate surface area is 180 Å². The Morgan fingerprint density at radius 1 is 0.645 bits per heavy atom. The van der Waals surface area contributed by atoms with Crippen LogP contribution in [0.3, 0.4) is 0 Å². The summed E-state index contributed by atoms with van der Waals surface area (Å²) < 4.78 is 17.4. The highest BCUT2D eigenvalue weighted by atomic mass is 16.6. The zero-order chi connectivity index (χ0) is 21.6. The average molecular weight is 414 g/mol. The number of methoxy groups -OCH3 is 2. The molecule has 1 saturated heterocycles. The molecule has 0 aliphatic carbocycles. The summed E-state index contributed by atoms with van der Waals surface area (Å²) in [6, 6.07) is 26.9. The molecular weight excluding hydrogens is 392 g/mol. The molecule has 5 heteroatoms. The number of benzene rings is 3. The molecule has 0 spiro atoms. The van der Waals surface area contributed by atoms with Crippen molar-refractivity contribution in [2.24, 2.45) is 11.8 Å². The summed E-state index contributed by atoms with van der Waals surface area (Å²) in [6.45, 7) is 0. The van der Waals surface area contributed by atoms with Gasteiger partial charge in [0.15, 0.2) is 0 Å². The Kier molecular flexibility index (Phi) is 4.45. The van der Waals surface area contributed by atoms with Gasteiger partial charge in [0.05, 0.1) is 14.2 Å². The molecule has 2 bridgehead atoms. The highest BCUT2D eigenvalue weighted by Crippen LogP contribution is 2.68. The smallest absolute Gasteiger partial charge is 0.313 e. The summed E-state index contributed by atoms with van der Waals surface area (Å²) >= 11 is 0. The summed E-state index contributed by atoms with van der Waals surface area (Å²) in [5.41, 5.74) is 0.949. The molecule has 2 heterocycles. The van der Waals surface area contributed by atoms with Gasteiger partial charge in [0, 0.05) is 0 Å². The van der Waals surface area contributed by atoms with Crippen molar-refractivity contribution >= 4 is 11.9 Å². The van der Waals surface area contributed by atoms with Gasteiger partial charge in [-0.3, -0.25) is 9.59 Å². The summed E-state index contributed by atoms with van der Waals surface area (Å²) in [6.07, 6.45) is 0. The van der Waals surface area contributed by atoms with Gasteiger partial charge in [0.2, 0.25) is 0 Å². The molecule has 4 unspecified atom stereocenters. The lowest BCUT2D eigenvalue weighted by molar-refractivity contribution is -0.159. The predicted octanol–water partition coefficient (Wildman–Crippen LogP) is 3.80. The van der Waals surface area contributed by atoms with Gasteiger partial charge in [-0.2, -0.15) is 0 Å². The van der Waals surface area contributed by atoms with Crippen LogP contribution in [0.15, 0.2) is 84.9 Å². The third kappa shape index (κ3) is 2.41. The molecule has 2 aliphatic heterocycles. The zero-order valence-electron chi connectivity index (χ0n) is 17.3. The molecule has 0 amide bonds. The molecule has 31 heavy (non-hydrogen) atoms. The van der Waals surface area contributed by atoms with Crippen LogP contribution in [-0.4, -0.2) is 26.2 Å². The molecule has 0 N–H and O–H groups in total. The van der Waals surface area contributed by atoms with Crippen LogP contribution in [-0.2, 0) is 35.0 Å². The monoisotopic (exact) mass is 414 g/mol. The van der Waals surface area contributed by atoms with Gasteiger partial charge in [-0.05, 0) is 22.3 Å². The van der Waals surface area contributed by atoms with Gasteiger partial charge in [-0.1, -0.05) is 84.9 Å². The number of hydrogen-bond donors (Lipinski definition) is 0. The quantitative estimate of drug-likeness (QED) is 0.608. The Balaban J connectivity index is 1.92. The molecule has 0 aromatic heterocycles. The fourth-order valence-corrected chi connectivity index (χ4v) is 5.44. The Bertz CT molecular complexity index is 1050. The standard InChI is InChI=1S/C26H22O5/c1-29-23(27)21-22(24(28)30-2)26(18-13-7-4-8-14-18)20-16-10-9-15-19(20)25(21,31-26)17-11-5-3-6-12-17/h3-16,21-22H,1-2H3. The van der Waals surface area contributed by atoms with E-state index in [1.54, 1.807) is 0 Å². The van der Waals surface area contributed by atoms with Crippen LogP contribution in [0.1, 0.15) is 22.3 Å². The third-order valence-electron chi connectivity index (χ3n) is 6.57. The van der Waals surface area contributed by atoms with Crippen LogP contribution in [0.4, 0.5) is 0 Å². The largest absolute Gasteiger partial charge is 0.469 e. The van der Waals surface area contributed by atoms with E-state index in [1.165, 1.54) is 14.2 Å². The summed E-state index contributed by atoms with van der Waals surface area (Å²) in [4.78, 5) is 26.6. The molecular formula is C26H22O5. The summed E-state index contributed by atoms with van der Waals surface area (Å²) in [5.74, 6) is -2.84. The van der Waals surface area contributed by atoms with Crippen molar-refractivity contribution in [1.82, 2.24) is 0 Å². The van der Waals surface area contributed by atoms with E-state index in [-0.39, 0.29) is 0 Å². The normalized spacial score (nSPS) is 28.1. The van der Waals surface area contributed by atoms with E-state index in [2.05, 4.69) is 0 Å². The Morgan fingerprint density at radius 2 is 1.00 bits per heavy atom. The first-order valence-electron chi connectivity index (χ1n) is 10.2. The number of hydrogen-bond acceptors (Lipinski definition) is 5. The van der Waals surface area contributed by atoms with E-state index in [9.17, 15) is 9.59 Å². The van der Waals surface area contributed by atoms with Crippen LogP contribution in [0.5, 0.6) is 0 Å². The minimum atomic E-state index is -1.18. The SMILES string of the molecule is COC(=O)C1C(C(=O)OC)C2(c3ccccc3)OC1(c1ccccc1)c1ccccc12. The van der Waals surface area contributed by atoms with E-state index in [0.717, 1.165) is 22.3 Å².